The van der Waals surface area contributed by atoms with Crippen LogP contribution in [0.15, 0.2) is 24.4 Å². The highest BCUT2D eigenvalue weighted by Crippen LogP contribution is 2.77. The van der Waals surface area contributed by atoms with E-state index in [1.54, 1.807) is 0 Å². The quantitative estimate of drug-likeness (QED) is 0.253. The van der Waals surface area contributed by atoms with Crippen LogP contribution in [0.2, 0.25) is 0 Å². The number of aliphatic hydroxyl groups excluding tert-OH is 1. The molecule has 10 atom stereocenters. The number of allylic oxidation sites excluding steroid dienone is 2. The molecule has 5 aliphatic carbocycles. The largest absolute Gasteiger partial charge is 0.393 e. The molecule has 4 unspecified atom stereocenters. The molecule has 0 bridgehead atoms. The van der Waals surface area contributed by atoms with E-state index >= 15 is 0 Å². The molecule has 5 aliphatic rings. The van der Waals surface area contributed by atoms with E-state index in [1.165, 1.54) is 43.9 Å². The summed E-state index contributed by atoms with van der Waals surface area (Å²) in [4.78, 5) is 11.1. The van der Waals surface area contributed by atoms with Gasteiger partial charge in [-0.05, 0) is 134 Å². The van der Waals surface area contributed by atoms with Crippen molar-refractivity contribution in [3.63, 3.8) is 0 Å². The van der Waals surface area contributed by atoms with Crippen LogP contribution < -0.4 is 0 Å². The van der Waals surface area contributed by atoms with Crippen molar-refractivity contribution >= 4 is 0 Å². The van der Waals surface area contributed by atoms with Gasteiger partial charge in [-0.15, -0.1) is 0 Å². The third kappa shape index (κ3) is 3.26. The number of rotatable bonds is 3. The van der Waals surface area contributed by atoms with E-state index in [0.29, 0.717) is 29.6 Å². The number of aliphatic hydroxyl groups is 1. The van der Waals surface area contributed by atoms with Crippen molar-refractivity contribution in [1.82, 2.24) is 0 Å². The summed E-state index contributed by atoms with van der Waals surface area (Å²) >= 11 is 0. The molecule has 0 aromatic rings. The molecule has 5 rings (SSSR count). The number of hydrogen-bond acceptors (Lipinski definition) is 3. The molecule has 5 saturated carbocycles. The van der Waals surface area contributed by atoms with Crippen LogP contribution in [0.4, 0.5) is 0 Å². The lowest BCUT2D eigenvalue weighted by atomic mass is 9.32. The van der Waals surface area contributed by atoms with Gasteiger partial charge in [-0.3, -0.25) is 10.1 Å². The fourth-order valence-electron chi connectivity index (χ4n) is 11.7. The predicted molar refractivity (Wildman–Crippen MR) is 141 cm³/mol. The van der Waals surface area contributed by atoms with Crippen molar-refractivity contribution in [3.8, 4) is 0 Å². The fraction of sp³-hybridized carbons (Fsp3) is 0.871. The minimum Gasteiger partial charge on any atom is -0.393 e. The molecular formula is C31H49NO3. The molecule has 196 valence electrons. The van der Waals surface area contributed by atoms with E-state index in [4.69, 9.17) is 0 Å². The maximum atomic E-state index is 11.4. The lowest BCUT2D eigenvalue weighted by Gasteiger charge is -2.72. The van der Waals surface area contributed by atoms with Crippen molar-refractivity contribution in [2.24, 2.45) is 56.7 Å². The highest BCUT2D eigenvalue weighted by atomic mass is 16.6. The molecule has 35 heavy (non-hydrogen) atoms. The first kappa shape index (κ1) is 25.5. The van der Waals surface area contributed by atoms with Gasteiger partial charge in [0, 0.05) is 0 Å². The van der Waals surface area contributed by atoms with Crippen LogP contribution in [-0.2, 0) is 0 Å². The summed E-state index contributed by atoms with van der Waals surface area (Å²) in [5, 5.41) is 22.3. The molecule has 0 aromatic heterocycles. The molecule has 5 fully saturated rings. The first-order valence-electron chi connectivity index (χ1n) is 14.4. The Morgan fingerprint density at radius 2 is 1.63 bits per heavy atom. The summed E-state index contributed by atoms with van der Waals surface area (Å²) in [7, 11) is 0. The van der Waals surface area contributed by atoms with Crippen molar-refractivity contribution < 1.29 is 10.0 Å². The molecule has 0 aliphatic heterocycles. The summed E-state index contributed by atoms with van der Waals surface area (Å²) in [5.41, 5.74) is 2.04. The predicted octanol–water partition coefficient (Wildman–Crippen LogP) is 7.80. The van der Waals surface area contributed by atoms with Crippen LogP contribution in [0.3, 0.4) is 0 Å². The minimum atomic E-state index is -0.257. The van der Waals surface area contributed by atoms with E-state index in [-0.39, 0.29) is 38.1 Å². The van der Waals surface area contributed by atoms with Gasteiger partial charge < -0.3 is 5.11 Å². The monoisotopic (exact) mass is 483 g/mol. The van der Waals surface area contributed by atoms with Crippen LogP contribution in [0, 0.1) is 66.8 Å². The summed E-state index contributed by atoms with van der Waals surface area (Å²) in [6.45, 7) is 19.1. The Kier molecular flexibility index (Phi) is 5.77. The van der Waals surface area contributed by atoms with Gasteiger partial charge in [0.2, 0.25) is 6.20 Å². The van der Waals surface area contributed by atoms with Gasteiger partial charge in [-0.1, -0.05) is 46.8 Å². The maximum Gasteiger partial charge on any atom is 0.231 e. The number of nitro groups is 1. The lowest BCUT2D eigenvalue weighted by Crippen LogP contribution is -2.66. The van der Waals surface area contributed by atoms with Crippen LogP contribution >= 0.6 is 0 Å². The molecular weight excluding hydrogens is 434 g/mol. The normalized spacial score (nSPS) is 52.8. The zero-order valence-corrected chi connectivity index (χ0v) is 23.1. The summed E-state index contributed by atoms with van der Waals surface area (Å²) in [6, 6.07) is 0. The van der Waals surface area contributed by atoms with Gasteiger partial charge in [0.05, 0.1) is 11.0 Å². The molecule has 0 amide bonds. The molecule has 0 heterocycles. The zero-order chi connectivity index (χ0) is 25.6. The van der Waals surface area contributed by atoms with Gasteiger partial charge in [0.25, 0.3) is 0 Å². The molecule has 0 spiro atoms. The van der Waals surface area contributed by atoms with Crippen molar-refractivity contribution in [3.05, 3.63) is 34.5 Å². The Morgan fingerprint density at radius 3 is 2.29 bits per heavy atom. The van der Waals surface area contributed by atoms with Crippen LogP contribution in [0.25, 0.3) is 0 Å². The zero-order valence-electron chi connectivity index (χ0n) is 23.1. The topological polar surface area (TPSA) is 63.4 Å². The molecule has 0 aromatic carbocycles. The average molecular weight is 484 g/mol. The number of nitrogens with zero attached hydrogens (tertiary/aromatic N) is 1. The van der Waals surface area contributed by atoms with Crippen LogP contribution in [0.5, 0.6) is 0 Å². The average Bonchev–Trinajstić information content (AvgIpc) is 3.16. The summed E-state index contributed by atoms with van der Waals surface area (Å²) in [5.74, 6) is 2.82. The summed E-state index contributed by atoms with van der Waals surface area (Å²) < 4.78 is 0. The Bertz CT molecular complexity index is 940. The fourth-order valence-corrected chi connectivity index (χ4v) is 11.7. The second kappa shape index (κ2) is 7.92. The Morgan fingerprint density at radius 1 is 0.914 bits per heavy atom. The van der Waals surface area contributed by atoms with Gasteiger partial charge in [0.15, 0.2) is 0 Å². The molecule has 4 heteroatoms. The van der Waals surface area contributed by atoms with E-state index in [0.717, 1.165) is 32.1 Å². The van der Waals surface area contributed by atoms with E-state index in [9.17, 15) is 15.2 Å². The standard InChI is InChI=1S/C31H49NO3/c1-20(2)21-10-15-31(18-19-32(34)35)17-16-29(6)22(26(21)31)8-9-24-28(5)13-12-25(33)27(3,4)23(28)11-14-30(24,29)7/h18-19,21-26,33H,1,8-17H2,2-7H3/b19-18+/t21-,22?,23?,24?,25-,26?,28-,29+,30+,31+/m0/s1. The van der Waals surface area contributed by atoms with Gasteiger partial charge in [-0.25, -0.2) is 0 Å². The van der Waals surface area contributed by atoms with Crippen LogP contribution in [0.1, 0.15) is 106 Å². The SMILES string of the molecule is C=C(C)[C@@H]1CC[C@]2(/C=C/[N+](=O)[O-])CC[C@]3(C)C(CCC4[C@@]5(C)CC[C@H](O)C(C)(C)C5CC[C@]43C)C12. The van der Waals surface area contributed by atoms with Gasteiger partial charge >= 0.3 is 0 Å². The van der Waals surface area contributed by atoms with E-state index < -0.39 is 0 Å². The highest BCUT2D eigenvalue weighted by molar-refractivity contribution is 5.24. The van der Waals surface area contributed by atoms with Gasteiger partial charge in [-0.2, -0.15) is 0 Å². The Labute approximate surface area is 213 Å². The molecule has 0 saturated heterocycles. The Hall–Kier alpha value is -1.16. The molecule has 4 nitrogen and oxygen atoms in total. The lowest BCUT2D eigenvalue weighted by molar-refractivity contribution is -0.403. The molecule has 0 radical (unpaired) electrons. The second-order valence-corrected chi connectivity index (χ2v) is 14.9. The van der Waals surface area contributed by atoms with Gasteiger partial charge in [0.1, 0.15) is 0 Å². The first-order chi connectivity index (χ1) is 16.2. The Balaban J connectivity index is 1.55. The summed E-state index contributed by atoms with van der Waals surface area (Å²) in [6.07, 6.45) is 14.6. The van der Waals surface area contributed by atoms with E-state index in [1.807, 2.05) is 6.08 Å². The molecule has 1 N–H and O–H groups in total. The smallest absolute Gasteiger partial charge is 0.231 e. The third-order valence-electron chi connectivity index (χ3n) is 13.6. The third-order valence-corrected chi connectivity index (χ3v) is 13.6. The second-order valence-electron chi connectivity index (χ2n) is 14.9. The number of hydrogen-bond donors (Lipinski definition) is 1. The minimum absolute atomic E-state index is 0.0162. The highest BCUT2D eigenvalue weighted by Gasteiger charge is 2.70. The first-order valence-corrected chi connectivity index (χ1v) is 14.4. The van der Waals surface area contributed by atoms with Crippen molar-refractivity contribution in [2.45, 2.75) is 112 Å². The van der Waals surface area contributed by atoms with Crippen molar-refractivity contribution in [1.29, 1.82) is 0 Å². The van der Waals surface area contributed by atoms with Crippen LogP contribution in [-0.4, -0.2) is 16.1 Å². The van der Waals surface area contributed by atoms with Crippen molar-refractivity contribution in [2.75, 3.05) is 0 Å². The maximum absolute atomic E-state index is 11.4. The number of fused-ring (bicyclic) bond motifs is 7. The van der Waals surface area contributed by atoms with E-state index in [2.05, 4.69) is 48.1 Å².